The molecular weight excluding hydrogens is 462 g/mol. The van der Waals surface area contributed by atoms with Gasteiger partial charge in [-0.3, -0.25) is 0 Å². The number of sulfonamides is 1. The fourth-order valence-corrected chi connectivity index (χ4v) is 6.14. The van der Waals surface area contributed by atoms with Crippen LogP contribution in [0.25, 0.3) is 10.8 Å². The summed E-state index contributed by atoms with van der Waals surface area (Å²) in [7, 11) is -4.56. The third-order valence-electron chi connectivity index (χ3n) is 6.46. The van der Waals surface area contributed by atoms with Crippen molar-refractivity contribution >= 4 is 20.8 Å². The third kappa shape index (κ3) is 3.15. The van der Waals surface area contributed by atoms with Crippen molar-refractivity contribution in [2.45, 2.75) is 48.6 Å². The largest absolute Gasteiger partial charge is 0.505 e. The van der Waals surface area contributed by atoms with E-state index in [1.807, 2.05) is 0 Å². The molecule has 3 aromatic carbocycles. The number of alkyl halides is 2. The van der Waals surface area contributed by atoms with Crippen LogP contribution in [0.3, 0.4) is 0 Å². The highest BCUT2D eigenvalue weighted by molar-refractivity contribution is 7.89. The van der Waals surface area contributed by atoms with Crippen LogP contribution in [0.1, 0.15) is 37.9 Å². The van der Waals surface area contributed by atoms with Crippen molar-refractivity contribution in [3.63, 3.8) is 0 Å². The Bertz CT molecular complexity index is 1380. The van der Waals surface area contributed by atoms with Gasteiger partial charge in [-0.05, 0) is 43.9 Å². The Labute approximate surface area is 187 Å². The summed E-state index contributed by atoms with van der Waals surface area (Å²) >= 11 is 0. The average molecular weight is 483 g/mol. The summed E-state index contributed by atoms with van der Waals surface area (Å²) in [4.78, 5) is -0.252. The van der Waals surface area contributed by atoms with E-state index in [-0.39, 0.29) is 4.90 Å². The van der Waals surface area contributed by atoms with Crippen molar-refractivity contribution in [3.05, 3.63) is 71.3 Å². The summed E-state index contributed by atoms with van der Waals surface area (Å²) in [6, 6.07) is 9.26. The first-order valence-electron chi connectivity index (χ1n) is 9.96. The number of benzene rings is 3. The molecule has 1 aliphatic rings. The van der Waals surface area contributed by atoms with Gasteiger partial charge in [0.1, 0.15) is 5.60 Å². The van der Waals surface area contributed by atoms with Gasteiger partial charge in [0.25, 0.3) is 5.92 Å². The molecule has 4 rings (SSSR count). The van der Waals surface area contributed by atoms with E-state index in [1.165, 1.54) is 18.2 Å². The van der Waals surface area contributed by atoms with Crippen molar-refractivity contribution in [2.75, 3.05) is 0 Å². The van der Waals surface area contributed by atoms with E-state index in [0.717, 1.165) is 13.8 Å². The Kier molecular flexibility index (Phi) is 5.09. The number of nitrogens with one attached hydrogen (secondary N) is 1. The summed E-state index contributed by atoms with van der Waals surface area (Å²) in [5.41, 5.74) is -6.62. The molecule has 0 fully saturated rings. The van der Waals surface area contributed by atoms with Crippen LogP contribution in [0.2, 0.25) is 0 Å². The first-order valence-corrected chi connectivity index (χ1v) is 11.4. The van der Waals surface area contributed by atoms with Gasteiger partial charge in [-0.15, -0.1) is 0 Å². The predicted molar refractivity (Wildman–Crippen MR) is 114 cm³/mol. The Morgan fingerprint density at radius 1 is 1.00 bits per heavy atom. The Morgan fingerprint density at radius 3 is 2.27 bits per heavy atom. The van der Waals surface area contributed by atoms with Crippen LogP contribution in [-0.4, -0.2) is 30.2 Å². The first-order chi connectivity index (χ1) is 15.1. The molecule has 0 bridgehead atoms. The van der Waals surface area contributed by atoms with Crippen LogP contribution < -0.4 is 4.72 Å². The lowest BCUT2D eigenvalue weighted by atomic mass is 9.61. The van der Waals surface area contributed by atoms with Crippen molar-refractivity contribution in [3.8, 4) is 5.75 Å². The van der Waals surface area contributed by atoms with Crippen molar-refractivity contribution in [2.24, 2.45) is 0 Å². The number of hydrogen-bond acceptors (Lipinski definition) is 4. The topological polar surface area (TPSA) is 86.6 Å². The number of fused-ring (bicyclic) bond motifs is 2. The van der Waals surface area contributed by atoms with Crippen LogP contribution in [-0.2, 0) is 15.4 Å². The minimum absolute atomic E-state index is 0.252. The molecular formula is C23H21F4NO4S. The van der Waals surface area contributed by atoms with Gasteiger partial charge in [0, 0.05) is 10.9 Å². The van der Waals surface area contributed by atoms with Crippen LogP contribution in [0, 0.1) is 11.6 Å². The summed E-state index contributed by atoms with van der Waals surface area (Å²) in [6.45, 7) is 2.62. The molecule has 0 amide bonds. The van der Waals surface area contributed by atoms with Crippen LogP contribution in [0.5, 0.6) is 5.75 Å². The maximum Gasteiger partial charge on any atom is 0.286 e. The van der Waals surface area contributed by atoms with Crippen molar-refractivity contribution in [1.29, 1.82) is 0 Å². The maximum atomic E-state index is 15.5. The molecule has 0 radical (unpaired) electrons. The lowest BCUT2D eigenvalue weighted by Gasteiger charge is -2.52. The second kappa shape index (κ2) is 7.15. The number of aromatic hydroxyl groups is 1. The second-order valence-corrected chi connectivity index (χ2v) is 10.5. The zero-order valence-electron chi connectivity index (χ0n) is 17.8. The zero-order valence-corrected chi connectivity index (χ0v) is 18.6. The number of aliphatic hydroxyl groups is 1. The third-order valence-corrected chi connectivity index (χ3v) is 7.94. The lowest BCUT2D eigenvalue weighted by molar-refractivity contribution is -0.227. The Morgan fingerprint density at radius 2 is 1.61 bits per heavy atom. The van der Waals surface area contributed by atoms with Gasteiger partial charge in [0.15, 0.2) is 11.6 Å². The summed E-state index contributed by atoms with van der Waals surface area (Å²) < 4.78 is 88.1. The quantitative estimate of drug-likeness (QED) is 0.478. The highest BCUT2D eigenvalue weighted by Crippen LogP contribution is 2.59. The first kappa shape index (κ1) is 23.5. The minimum Gasteiger partial charge on any atom is -0.505 e. The van der Waals surface area contributed by atoms with E-state index in [4.69, 9.17) is 0 Å². The monoisotopic (exact) mass is 483 g/mol. The molecule has 0 spiro atoms. The standard InChI is InChI=1S/C23H21F4NO4S/c1-21(2)17-14(11-15(24)18(25)19(17)29)20(22(3,30)23(21,26)27)28-33(31,32)16-10-6-8-12-7-4-5-9-13(12)16/h4-11,20,28-30H,1-3H3. The van der Waals surface area contributed by atoms with Gasteiger partial charge in [0.05, 0.1) is 16.4 Å². The number of hydrogen-bond donors (Lipinski definition) is 3. The predicted octanol–water partition coefficient (Wildman–Crippen LogP) is 4.52. The van der Waals surface area contributed by atoms with E-state index >= 15 is 8.78 Å². The van der Waals surface area contributed by atoms with Crippen LogP contribution in [0.4, 0.5) is 17.6 Å². The van der Waals surface area contributed by atoms with E-state index in [1.54, 1.807) is 24.3 Å². The van der Waals surface area contributed by atoms with Crippen LogP contribution in [0.15, 0.2) is 53.4 Å². The number of rotatable bonds is 3. The summed E-state index contributed by atoms with van der Waals surface area (Å²) in [5, 5.41) is 22.0. The second-order valence-electron chi connectivity index (χ2n) is 8.86. The SMILES string of the molecule is CC1(C)c2c(cc(F)c(F)c2O)C(NS(=O)(=O)c2cccc3ccccc23)C(C)(O)C1(F)F. The number of phenolic OH excluding ortho intramolecular Hbond substituents is 1. The van der Waals surface area contributed by atoms with E-state index < -0.39 is 61.5 Å². The lowest BCUT2D eigenvalue weighted by Crippen LogP contribution is -2.66. The minimum atomic E-state index is -4.56. The van der Waals surface area contributed by atoms with Crippen molar-refractivity contribution in [1.82, 2.24) is 4.72 Å². The molecule has 176 valence electrons. The van der Waals surface area contributed by atoms with Crippen LogP contribution >= 0.6 is 0 Å². The highest BCUT2D eigenvalue weighted by Gasteiger charge is 2.68. The van der Waals surface area contributed by atoms with Gasteiger partial charge in [-0.1, -0.05) is 36.4 Å². The van der Waals surface area contributed by atoms with Crippen molar-refractivity contribution < 1.29 is 36.2 Å². The number of halogens is 4. The normalized spacial score (nSPS) is 23.9. The molecule has 0 heterocycles. The van der Waals surface area contributed by atoms with Gasteiger partial charge in [0.2, 0.25) is 15.8 Å². The molecule has 3 N–H and O–H groups in total. The summed E-state index contributed by atoms with van der Waals surface area (Å²) in [5.74, 6) is -8.74. The zero-order chi connectivity index (χ0) is 24.6. The molecule has 0 saturated heterocycles. The molecule has 33 heavy (non-hydrogen) atoms. The van der Waals surface area contributed by atoms with Gasteiger partial charge >= 0.3 is 0 Å². The molecule has 1 aliphatic carbocycles. The molecule has 2 unspecified atom stereocenters. The maximum absolute atomic E-state index is 15.5. The molecule has 10 heteroatoms. The van der Waals surface area contributed by atoms with E-state index in [2.05, 4.69) is 4.72 Å². The molecule has 0 saturated carbocycles. The Balaban J connectivity index is 1.97. The number of phenols is 1. The molecule has 2 atom stereocenters. The smallest absolute Gasteiger partial charge is 0.286 e. The summed E-state index contributed by atoms with van der Waals surface area (Å²) in [6.07, 6.45) is 0. The highest BCUT2D eigenvalue weighted by atomic mass is 32.2. The Hall–Kier alpha value is -2.69. The van der Waals surface area contributed by atoms with E-state index in [0.29, 0.717) is 23.8 Å². The van der Waals surface area contributed by atoms with Gasteiger partial charge in [-0.25, -0.2) is 26.3 Å². The fraction of sp³-hybridized carbons (Fsp3) is 0.304. The van der Waals surface area contributed by atoms with E-state index in [9.17, 15) is 27.4 Å². The molecule has 5 nitrogen and oxygen atoms in total. The molecule has 3 aromatic rings. The molecule has 0 aliphatic heterocycles. The average Bonchev–Trinajstić information content (AvgIpc) is 2.73. The fourth-order valence-electron chi connectivity index (χ4n) is 4.62. The molecule has 0 aromatic heterocycles. The van der Waals surface area contributed by atoms with Gasteiger partial charge in [-0.2, -0.15) is 4.39 Å². The van der Waals surface area contributed by atoms with Gasteiger partial charge < -0.3 is 10.2 Å².